The van der Waals surface area contributed by atoms with Gasteiger partial charge in [0.05, 0.1) is 13.2 Å². The fourth-order valence-electron chi connectivity index (χ4n) is 4.16. The summed E-state index contributed by atoms with van der Waals surface area (Å²) >= 11 is 0. The Bertz CT molecular complexity index is 1370. The molecule has 4 rings (SSSR count). The fraction of sp³-hybridized carbons (Fsp3) is 0.235. The third-order valence-corrected chi connectivity index (χ3v) is 6.06. The highest BCUT2D eigenvalue weighted by Crippen LogP contribution is 2.21. The van der Waals surface area contributed by atoms with Crippen molar-refractivity contribution in [1.82, 2.24) is 0 Å². The van der Waals surface area contributed by atoms with Crippen molar-refractivity contribution < 1.29 is 9.47 Å². The summed E-state index contributed by atoms with van der Waals surface area (Å²) in [6.45, 7) is 9.62. The Kier molecular flexibility index (Phi) is 8.33. The molecule has 180 valence electrons. The van der Waals surface area contributed by atoms with E-state index in [0.29, 0.717) is 13.2 Å². The van der Waals surface area contributed by atoms with Crippen LogP contribution in [0.15, 0.2) is 72.8 Å². The lowest BCUT2D eigenvalue weighted by molar-refractivity contribution is 0.339. The molecule has 0 aliphatic rings. The van der Waals surface area contributed by atoms with E-state index in [1.165, 1.54) is 11.1 Å². The summed E-state index contributed by atoms with van der Waals surface area (Å²) < 4.78 is 11.3. The van der Waals surface area contributed by atoms with Gasteiger partial charge in [0.15, 0.2) is 0 Å². The van der Waals surface area contributed by atoms with E-state index in [1.807, 2.05) is 26.0 Å². The third kappa shape index (κ3) is 6.10. The van der Waals surface area contributed by atoms with Crippen LogP contribution in [-0.2, 0) is 12.8 Å². The van der Waals surface area contributed by atoms with Gasteiger partial charge < -0.3 is 9.47 Å². The molecule has 0 amide bonds. The largest absolute Gasteiger partial charge is 0.494 e. The van der Waals surface area contributed by atoms with E-state index in [4.69, 9.17) is 9.47 Å². The van der Waals surface area contributed by atoms with E-state index in [9.17, 15) is 0 Å². The molecule has 0 unspecified atom stereocenters. The molecule has 0 aromatic heterocycles. The fourth-order valence-corrected chi connectivity index (χ4v) is 4.16. The maximum atomic E-state index is 5.63. The highest BCUT2D eigenvalue weighted by atomic mass is 16.5. The lowest BCUT2D eigenvalue weighted by Gasteiger charge is -2.07. The molecule has 0 fully saturated rings. The standard InChI is InChI=1S/C34H32O2/c1-5-27-23-33(35-7-3)19-17-29(27)13-9-25-11-15-32-22-26(12-16-31(32)21-25)10-14-30-18-20-34(36-8-4)24-28(30)6-2/h11-12,15-24H,5-8H2,1-4H3. The van der Waals surface area contributed by atoms with Crippen LogP contribution >= 0.6 is 0 Å². The maximum absolute atomic E-state index is 5.63. The van der Waals surface area contributed by atoms with Crippen molar-refractivity contribution >= 4 is 10.8 Å². The van der Waals surface area contributed by atoms with Gasteiger partial charge in [-0.25, -0.2) is 0 Å². The minimum atomic E-state index is 0.667. The van der Waals surface area contributed by atoms with Crippen LogP contribution in [0.2, 0.25) is 0 Å². The molecular formula is C34H32O2. The first kappa shape index (κ1) is 25.0. The van der Waals surface area contributed by atoms with Gasteiger partial charge in [0.1, 0.15) is 11.5 Å². The highest BCUT2D eigenvalue weighted by molar-refractivity contribution is 5.85. The quantitative estimate of drug-likeness (QED) is 0.270. The van der Waals surface area contributed by atoms with Crippen molar-refractivity contribution in [2.24, 2.45) is 0 Å². The highest BCUT2D eigenvalue weighted by Gasteiger charge is 2.03. The zero-order valence-corrected chi connectivity index (χ0v) is 21.6. The molecule has 0 N–H and O–H groups in total. The van der Waals surface area contributed by atoms with Gasteiger partial charge in [-0.2, -0.15) is 0 Å². The number of rotatable bonds is 6. The Morgan fingerprint density at radius 2 is 0.944 bits per heavy atom. The zero-order valence-electron chi connectivity index (χ0n) is 21.6. The lowest BCUT2D eigenvalue weighted by atomic mass is 10.0. The van der Waals surface area contributed by atoms with Crippen LogP contribution in [0.5, 0.6) is 11.5 Å². The maximum Gasteiger partial charge on any atom is 0.119 e. The summed E-state index contributed by atoms with van der Waals surface area (Å²) in [4.78, 5) is 0. The predicted molar refractivity (Wildman–Crippen MR) is 150 cm³/mol. The summed E-state index contributed by atoms with van der Waals surface area (Å²) in [5.74, 6) is 15.2. The van der Waals surface area contributed by atoms with E-state index in [2.05, 4.69) is 98.2 Å². The van der Waals surface area contributed by atoms with Gasteiger partial charge in [-0.15, -0.1) is 0 Å². The Morgan fingerprint density at radius 3 is 1.33 bits per heavy atom. The van der Waals surface area contributed by atoms with Gasteiger partial charge in [0.2, 0.25) is 0 Å². The Balaban J connectivity index is 1.56. The Hall–Kier alpha value is -4.14. The van der Waals surface area contributed by atoms with Gasteiger partial charge in [-0.1, -0.05) is 49.7 Å². The van der Waals surface area contributed by atoms with Crippen LogP contribution in [0.4, 0.5) is 0 Å². The van der Waals surface area contributed by atoms with Gasteiger partial charge in [-0.3, -0.25) is 0 Å². The van der Waals surface area contributed by atoms with Crippen molar-refractivity contribution in [2.75, 3.05) is 13.2 Å². The molecule has 0 bridgehead atoms. The number of aryl methyl sites for hydroxylation is 2. The van der Waals surface area contributed by atoms with Crippen molar-refractivity contribution in [3.05, 3.63) is 106 Å². The van der Waals surface area contributed by atoms with Crippen LogP contribution in [0.25, 0.3) is 10.8 Å². The Labute approximate surface area is 215 Å². The van der Waals surface area contributed by atoms with Gasteiger partial charge >= 0.3 is 0 Å². The molecule has 0 heterocycles. The second kappa shape index (κ2) is 12.0. The van der Waals surface area contributed by atoms with Crippen LogP contribution in [0.1, 0.15) is 61.1 Å². The molecule has 0 spiro atoms. The summed E-state index contributed by atoms with van der Waals surface area (Å²) in [5, 5.41) is 2.31. The molecule has 0 aliphatic carbocycles. The number of hydrogen-bond donors (Lipinski definition) is 0. The van der Waals surface area contributed by atoms with Gasteiger partial charge in [0, 0.05) is 22.3 Å². The zero-order chi connectivity index (χ0) is 25.3. The number of fused-ring (bicyclic) bond motifs is 1. The van der Waals surface area contributed by atoms with Crippen LogP contribution in [-0.4, -0.2) is 13.2 Å². The average molecular weight is 473 g/mol. The average Bonchev–Trinajstić information content (AvgIpc) is 2.91. The van der Waals surface area contributed by atoms with Crippen LogP contribution < -0.4 is 9.47 Å². The van der Waals surface area contributed by atoms with E-state index < -0.39 is 0 Å². The summed E-state index contributed by atoms with van der Waals surface area (Å²) in [5.41, 5.74) is 6.51. The van der Waals surface area contributed by atoms with E-state index in [0.717, 1.165) is 57.4 Å². The molecule has 2 nitrogen and oxygen atoms in total. The molecule has 2 heteroatoms. The van der Waals surface area contributed by atoms with Crippen molar-refractivity contribution in [3.8, 4) is 35.2 Å². The number of hydrogen-bond acceptors (Lipinski definition) is 2. The van der Waals surface area contributed by atoms with Crippen molar-refractivity contribution in [2.45, 2.75) is 40.5 Å². The molecule has 4 aromatic rings. The first-order chi connectivity index (χ1) is 17.6. The molecule has 0 aliphatic heterocycles. The topological polar surface area (TPSA) is 18.5 Å². The first-order valence-corrected chi connectivity index (χ1v) is 12.7. The predicted octanol–water partition coefficient (Wildman–Crippen LogP) is 7.56. The second-order valence-corrected chi connectivity index (χ2v) is 8.49. The molecule has 0 radical (unpaired) electrons. The molecule has 36 heavy (non-hydrogen) atoms. The van der Waals surface area contributed by atoms with Crippen LogP contribution in [0, 0.1) is 23.7 Å². The lowest BCUT2D eigenvalue weighted by Crippen LogP contribution is -1.94. The van der Waals surface area contributed by atoms with E-state index >= 15 is 0 Å². The van der Waals surface area contributed by atoms with Crippen molar-refractivity contribution in [1.29, 1.82) is 0 Å². The Morgan fingerprint density at radius 1 is 0.500 bits per heavy atom. The summed E-state index contributed by atoms with van der Waals surface area (Å²) in [6.07, 6.45) is 1.84. The molecule has 0 atom stereocenters. The molecule has 0 saturated carbocycles. The van der Waals surface area contributed by atoms with Gasteiger partial charge in [0.25, 0.3) is 0 Å². The first-order valence-electron chi connectivity index (χ1n) is 12.7. The number of ether oxygens (including phenoxy) is 2. The third-order valence-electron chi connectivity index (χ3n) is 6.06. The minimum absolute atomic E-state index is 0.667. The molecule has 4 aromatic carbocycles. The normalized spacial score (nSPS) is 10.2. The van der Waals surface area contributed by atoms with Crippen molar-refractivity contribution in [3.63, 3.8) is 0 Å². The summed E-state index contributed by atoms with van der Waals surface area (Å²) in [7, 11) is 0. The van der Waals surface area contributed by atoms with Gasteiger partial charge in [-0.05, 0) is 109 Å². The van der Waals surface area contributed by atoms with E-state index in [1.54, 1.807) is 0 Å². The van der Waals surface area contributed by atoms with Crippen LogP contribution in [0.3, 0.4) is 0 Å². The van der Waals surface area contributed by atoms with E-state index in [-0.39, 0.29) is 0 Å². The molecule has 0 saturated heterocycles. The minimum Gasteiger partial charge on any atom is -0.494 e. The monoisotopic (exact) mass is 472 g/mol. The number of benzene rings is 4. The second-order valence-electron chi connectivity index (χ2n) is 8.49. The molecular weight excluding hydrogens is 440 g/mol. The smallest absolute Gasteiger partial charge is 0.119 e. The SMILES string of the molecule is CCOc1ccc(C#Cc2ccc3cc(C#Cc4ccc(OCC)cc4CC)ccc3c2)c(CC)c1. The summed E-state index contributed by atoms with van der Waals surface area (Å²) in [6, 6.07) is 25.0.